The van der Waals surface area contributed by atoms with Gasteiger partial charge in [-0.2, -0.15) is 0 Å². The van der Waals surface area contributed by atoms with E-state index >= 15 is 0 Å². The second kappa shape index (κ2) is 15.0. The molecule has 0 bridgehead atoms. The van der Waals surface area contributed by atoms with Crippen LogP contribution in [-0.2, 0) is 42.9 Å². The molecule has 0 aromatic rings. The van der Waals surface area contributed by atoms with E-state index in [-0.39, 0.29) is 133 Å². The molecule has 0 spiro atoms. The van der Waals surface area contributed by atoms with Crippen molar-refractivity contribution in [3.63, 3.8) is 0 Å². The van der Waals surface area contributed by atoms with Gasteiger partial charge in [0.05, 0.1) is 0 Å². The van der Waals surface area contributed by atoms with E-state index in [2.05, 4.69) is 0 Å². The van der Waals surface area contributed by atoms with Crippen LogP contribution in [0.1, 0.15) is 0 Å². The molecule has 0 rings (SSSR count). The van der Waals surface area contributed by atoms with Gasteiger partial charge < -0.3 is 0 Å². The Bertz CT molecular complexity index is 102. The van der Waals surface area contributed by atoms with Crippen LogP contribution in [0, 0.1) is 35.6 Å². The van der Waals surface area contributed by atoms with E-state index in [9.17, 15) is 0 Å². The van der Waals surface area contributed by atoms with Crippen LogP contribution in [0.15, 0.2) is 0 Å². The van der Waals surface area contributed by atoms with Crippen LogP contribution < -0.4 is 0 Å². The zero-order valence-corrected chi connectivity index (χ0v) is 9.66. The largest absolute Gasteiger partial charge is 0 e. The first-order chi connectivity index (χ1) is 2.00. The fourth-order valence-corrected chi connectivity index (χ4v) is 0. The van der Waals surface area contributed by atoms with E-state index < -0.39 is 13.6 Å². The smallest absolute Gasteiger partial charge is 0 e. The van der Waals surface area contributed by atoms with Crippen LogP contribution in [0.4, 0.5) is 0 Å². The third kappa shape index (κ3) is 68.3. The standard InChI is InChI=1S/2Ca.Cr.La.2H2O.2O.Ti.4H/h;;;;2*1H2;;;;;;;/q;;+2;;;;;;;;;;/p-2. The van der Waals surface area contributed by atoms with Crippen molar-refractivity contribution in [1.82, 2.24) is 0 Å². The molecule has 9 heavy (non-hydrogen) atoms. The normalized spacial score (nSPS) is 6.44. The van der Waals surface area contributed by atoms with Crippen LogP contribution in [-0.4, -0.2) is 83.8 Å². The number of hydrogen-bond donors (Lipinski definition) is 2. The summed E-state index contributed by atoms with van der Waals surface area (Å²) in [6.45, 7) is 0. The maximum Gasteiger partial charge on any atom is 0 e. The predicted molar refractivity (Wildman–Crippen MR) is 22.9 cm³/mol. The van der Waals surface area contributed by atoms with E-state index in [0.29, 0.717) is 0 Å². The molecule has 0 aromatic carbocycles. The van der Waals surface area contributed by atoms with Gasteiger partial charge in [-0.25, -0.2) is 0 Å². The summed E-state index contributed by atoms with van der Waals surface area (Å²) in [4.78, 5) is 0. The fraction of sp³-hybridized carbons (Fsp3) is 0. The topological polar surface area (TPSA) is 74.6 Å². The molecule has 4 nitrogen and oxygen atoms in total. The Kier molecular flexibility index (Phi) is 48.6. The molecule has 0 aliphatic heterocycles. The van der Waals surface area contributed by atoms with Crippen LogP contribution in [0.5, 0.6) is 0 Å². The van der Waals surface area contributed by atoms with Crippen molar-refractivity contribution in [2.24, 2.45) is 0 Å². The third-order valence-corrected chi connectivity index (χ3v) is 0. The Morgan fingerprint density at radius 2 is 1.00 bits per heavy atom. The molecule has 0 aliphatic carbocycles. The molecule has 47 valence electrons. The van der Waals surface area contributed by atoms with Crippen molar-refractivity contribution in [3.05, 3.63) is 0 Å². The summed E-state index contributed by atoms with van der Waals surface area (Å²) in [5, 5.41) is 0. The van der Waals surface area contributed by atoms with Crippen LogP contribution in [0.25, 0.3) is 0 Å². The Morgan fingerprint density at radius 1 is 1.00 bits per heavy atom. The molecule has 0 aromatic heterocycles. The first-order valence-corrected chi connectivity index (χ1v) is 2.88. The minimum absolute atomic E-state index is 0. The zero-order valence-electron chi connectivity index (χ0n) is 3.20. The summed E-state index contributed by atoms with van der Waals surface area (Å²) in [6, 6.07) is 0. The number of rotatable bonds is 0. The first-order valence-electron chi connectivity index (χ1n) is 0.698. The van der Waals surface area contributed by atoms with Gasteiger partial charge in [0.2, 0.25) is 0 Å². The molecule has 0 saturated carbocycles. The monoisotopic (exact) mass is 389 g/mol. The fourth-order valence-electron chi connectivity index (χ4n) is 0. The Hall–Kier alpha value is 4.48. The minimum Gasteiger partial charge on any atom is 0 e. The quantitative estimate of drug-likeness (QED) is 0.429. The van der Waals surface area contributed by atoms with Crippen molar-refractivity contribution < 1.29 is 86.9 Å². The summed E-state index contributed by atoms with van der Waals surface area (Å²) < 4.78 is 31.9. The van der Waals surface area contributed by atoms with Gasteiger partial charge in [0.1, 0.15) is 0 Å². The zero-order chi connectivity index (χ0) is 4.50. The molecule has 0 amide bonds. The molecule has 2 N–H and O–H groups in total. The van der Waals surface area contributed by atoms with Crippen molar-refractivity contribution >= 4 is 75.5 Å². The van der Waals surface area contributed by atoms with Crippen molar-refractivity contribution in [2.75, 3.05) is 0 Å². The molecular weight excluding hydrogens is 383 g/mol. The molecule has 0 heterocycles. The predicted octanol–water partition coefficient (Wildman–Crippen LogP) is -3.19. The van der Waals surface area contributed by atoms with E-state index in [1.807, 2.05) is 0 Å². The van der Waals surface area contributed by atoms with E-state index in [0.717, 1.165) is 0 Å². The van der Waals surface area contributed by atoms with Crippen LogP contribution in [0.3, 0.4) is 0 Å². The molecule has 0 aliphatic rings. The van der Waals surface area contributed by atoms with Crippen LogP contribution >= 0.6 is 0 Å². The molecule has 0 saturated heterocycles. The van der Waals surface area contributed by atoms with Gasteiger partial charge in [0.15, 0.2) is 0 Å². The second-order valence-electron chi connectivity index (χ2n) is 0.448. The minimum atomic E-state index is -5.25. The van der Waals surface area contributed by atoms with Crippen molar-refractivity contribution in [2.45, 2.75) is 0 Å². The van der Waals surface area contributed by atoms with Crippen molar-refractivity contribution in [1.29, 1.82) is 0 Å². The van der Waals surface area contributed by atoms with Gasteiger partial charge in [-0.05, 0) is 0 Å². The molecule has 0 atom stereocenters. The Morgan fingerprint density at radius 3 is 1.00 bits per heavy atom. The number of hydrogen-bond acceptors (Lipinski definition) is 2. The average Bonchev–Trinajstić information content (AvgIpc) is 0.722. The molecule has 9 heteroatoms. The van der Waals surface area contributed by atoms with Gasteiger partial charge in [-0.15, -0.1) is 0 Å². The van der Waals surface area contributed by atoms with Crippen molar-refractivity contribution in [3.8, 4) is 0 Å². The summed E-state index contributed by atoms with van der Waals surface area (Å²) in [7, 11) is 0. The maximum atomic E-state index is 8.82. The molecule has 0 unspecified atom stereocenters. The molecule has 1 radical (unpaired) electrons. The molecule has 0 fully saturated rings. The molecular formula is H6Ca2CrLaO4Ti. The Balaban J connectivity index is -0.0000000133. The van der Waals surface area contributed by atoms with E-state index in [1.54, 1.807) is 0 Å². The van der Waals surface area contributed by atoms with Gasteiger partial charge in [-0.3, -0.25) is 0 Å². The van der Waals surface area contributed by atoms with Gasteiger partial charge in [0.25, 0.3) is 0 Å². The Labute approximate surface area is 158 Å². The summed E-state index contributed by atoms with van der Waals surface area (Å²) in [6.07, 6.45) is 0. The summed E-state index contributed by atoms with van der Waals surface area (Å²) in [5.74, 6) is 0. The van der Waals surface area contributed by atoms with Gasteiger partial charge >= 0.3 is 105 Å². The average molecular weight is 389 g/mol. The van der Waals surface area contributed by atoms with Gasteiger partial charge in [-0.1, -0.05) is 0 Å². The SMILES string of the molecule is [CaH2].[CaH2].[La].[O]=[Cr](=[O])([OH])[OH].[Ti]. The van der Waals surface area contributed by atoms with E-state index in [1.165, 1.54) is 0 Å². The second-order valence-corrected chi connectivity index (χ2v) is 1.85. The first kappa shape index (κ1) is 29.2. The maximum absolute atomic E-state index is 8.82. The van der Waals surface area contributed by atoms with Gasteiger partial charge in [0, 0.05) is 57.3 Å². The van der Waals surface area contributed by atoms with E-state index in [4.69, 9.17) is 15.9 Å². The summed E-state index contributed by atoms with van der Waals surface area (Å²) >= 11 is -5.25. The van der Waals surface area contributed by atoms with Crippen LogP contribution in [0.2, 0.25) is 0 Å². The summed E-state index contributed by atoms with van der Waals surface area (Å²) in [5.41, 5.74) is 0. The third-order valence-electron chi connectivity index (χ3n) is 0.